The zero-order valence-corrected chi connectivity index (χ0v) is 15.4. The van der Waals surface area contributed by atoms with Crippen LogP contribution >= 0.6 is 23.2 Å². The Morgan fingerprint density at radius 2 is 1.71 bits per heavy atom. The van der Waals surface area contributed by atoms with E-state index in [1.165, 1.54) is 38.4 Å². The van der Waals surface area contributed by atoms with Gasteiger partial charge in [0.25, 0.3) is 0 Å². The largest absolute Gasteiger partial charge is 0.326 e. The van der Waals surface area contributed by atoms with Gasteiger partial charge in [-0.05, 0) is 42.0 Å². The van der Waals surface area contributed by atoms with E-state index in [2.05, 4.69) is 5.32 Å². The first kappa shape index (κ1) is 18.7. The Bertz CT molecular complexity index is 850. The van der Waals surface area contributed by atoms with Gasteiger partial charge in [0.1, 0.15) is 0 Å². The summed E-state index contributed by atoms with van der Waals surface area (Å²) in [5, 5.41) is 3.62. The van der Waals surface area contributed by atoms with Crippen molar-refractivity contribution < 1.29 is 13.2 Å². The lowest BCUT2D eigenvalue weighted by atomic mass is 10.1. The molecule has 0 radical (unpaired) electrons. The summed E-state index contributed by atoms with van der Waals surface area (Å²) in [6, 6.07) is 10.9. The number of anilines is 1. The molecule has 0 saturated carbocycles. The molecule has 2 rings (SSSR count). The highest BCUT2D eigenvalue weighted by Crippen LogP contribution is 2.22. The van der Waals surface area contributed by atoms with Crippen LogP contribution in [-0.4, -0.2) is 32.7 Å². The van der Waals surface area contributed by atoms with Gasteiger partial charge in [0.05, 0.1) is 11.3 Å². The molecule has 0 bridgehead atoms. The van der Waals surface area contributed by atoms with Crippen molar-refractivity contribution in [3.05, 3.63) is 58.1 Å². The summed E-state index contributed by atoms with van der Waals surface area (Å²) in [5.41, 5.74) is 1.16. The highest BCUT2D eigenvalue weighted by atomic mass is 35.5. The normalized spacial score (nSPS) is 11.5. The van der Waals surface area contributed by atoms with Crippen LogP contribution in [0, 0.1) is 0 Å². The predicted octanol–water partition coefficient (Wildman–Crippen LogP) is 3.42. The molecular weight excluding hydrogens is 371 g/mol. The third-order valence-corrected chi connectivity index (χ3v) is 5.70. The topological polar surface area (TPSA) is 66.5 Å². The molecule has 0 spiro atoms. The monoisotopic (exact) mass is 386 g/mol. The molecule has 2 aromatic rings. The summed E-state index contributed by atoms with van der Waals surface area (Å²) in [6.45, 7) is 0. The Kier molecular flexibility index (Phi) is 5.87. The minimum Gasteiger partial charge on any atom is -0.326 e. The summed E-state index contributed by atoms with van der Waals surface area (Å²) in [5.74, 6) is -0.262. The van der Waals surface area contributed by atoms with Crippen molar-refractivity contribution in [2.45, 2.75) is 11.3 Å². The number of halogens is 2. The number of amides is 1. The Balaban J connectivity index is 2.07. The van der Waals surface area contributed by atoms with Gasteiger partial charge in [-0.25, -0.2) is 12.7 Å². The third-order valence-electron chi connectivity index (χ3n) is 3.28. The molecule has 24 heavy (non-hydrogen) atoms. The van der Waals surface area contributed by atoms with Gasteiger partial charge in [-0.15, -0.1) is 0 Å². The van der Waals surface area contributed by atoms with Crippen molar-refractivity contribution >= 4 is 44.8 Å². The van der Waals surface area contributed by atoms with Gasteiger partial charge in [-0.2, -0.15) is 0 Å². The Hall–Kier alpha value is -1.60. The number of rotatable bonds is 5. The summed E-state index contributed by atoms with van der Waals surface area (Å²) >= 11 is 11.9. The maximum absolute atomic E-state index is 12.1. The van der Waals surface area contributed by atoms with Crippen LogP contribution in [0.15, 0.2) is 47.4 Å². The van der Waals surface area contributed by atoms with E-state index in [1.54, 1.807) is 18.2 Å². The van der Waals surface area contributed by atoms with E-state index in [9.17, 15) is 13.2 Å². The smallest absolute Gasteiger partial charge is 0.242 e. The molecule has 0 heterocycles. The number of hydrogen-bond acceptors (Lipinski definition) is 3. The average Bonchev–Trinajstić information content (AvgIpc) is 2.50. The van der Waals surface area contributed by atoms with E-state index in [4.69, 9.17) is 23.2 Å². The molecular formula is C16H16Cl2N2O3S. The van der Waals surface area contributed by atoms with Crippen LogP contribution < -0.4 is 5.32 Å². The second kappa shape index (κ2) is 7.53. The maximum Gasteiger partial charge on any atom is 0.242 e. The van der Waals surface area contributed by atoms with Crippen LogP contribution in [0.2, 0.25) is 10.0 Å². The fraction of sp³-hybridized carbons (Fsp3) is 0.188. The molecule has 1 N–H and O–H groups in total. The molecule has 0 fully saturated rings. The van der Waals surface area contributed by atoms with Gasteiger partial charge in [0, 0.05) is 29.8 Å². The number of nitrogens with one attached hydrogen (secondary N) is 1. The molecule has 0 aromatic heterocycles. The molecule has 128 valence electrons. The van der Waals surface area contributed by atoms with Crippen molar-refractivity contribution in [1.82, 2.24) is 4.31 Å². The lowest BCUT2D eigenvalue weighted by Crippen LogP contribution is -2.22. The zero-order valence-electron chi connectivity index (χ0n) is 13.1. The number of nitrogens with zero attached hydrogens (tertiary/aromatic N) is 1. The van der Waals surface area contributed by atoms with Gasteiger partial charge in [-0.3, -0.25) is 4.79 Å². The maximum atomic E-state index is 12.1. The molecule has 0 atom stereocenters. The van der Waals surface area contributed by atoms with Crippen molar-refractivity contribution in [2.75, 3.05) is 19.4 Å². The molecule has 1 amide bonds. The minimum absolute atomic E-state index is 0.0910. The number of carbonyl (C=O) groups is 1. The molecule has 0 aliphatic rings. The molecule has 0 unspecified atom stereocenters. The zero-order chi connectivity index (χ0) is 17.9. The number of sulfonamides is 1. The van der Waals surface area contributed by atoms with Crippen LogP contribution in [0.3, 0.4) is 0 Å². The molecule has 2 aromatic carbocycles. The summed E-state index contributed by atoms with van der Waals surface area (Å²) in [7, 11) is -0.571. The number of hydrogen-bond donors (Lipinski definition) is 1. The van der Waals surface area contributed by atoms with Gasteiger partial charge in [-0.1, -0.05) is 29.3 Å². The van der Waals surface area contributed by atoms with Crippen LogP contribution in [-0.2, 0) is 21.2 Å². The second-order valence-electron chi connectivity index (χ2n) is 5.27. The van der Waals surface area contributed by atoms with E-state index in [-0.39, 0.29) is 17.2 Å². The van der Waals surface area contributed by atoms with Crippen LogP contribution in [0.25, 0.3) is 0 Å². The number of carbonyl (C=O) groups excluding carboxylic acids is 1. The van der Waals surface area contributed by atoms with Gasteiger partial charge in [0.15, 0.2) is 0 Å². The summed E-state index contributed by atoms with van der Waals surface area (Å²) in [4.78, 5) is 12.2. The average molecular weight is 387 g/mol. The highest BCUT2D eigenvalue weighted by molar-refractivity contribution is 7.89. The second-order valence-corrected chi connectivity index (χ2v) is 8.27. The Morgan fingerprint density at radius 3 is 2.25 bits per heavy atom. The Labute approximate surface area is 151 Å². The first-order chi connectivity index (χ1) is 11.2. The van der Waals surface area contributed by atoms with Crippen LogP contribution in [0.1, 0.15) is 5.56 Å². The van der Waals surface area contributed by atoms with E-state index >= 15 is 0 Å². The van der Waals surface area contributed by atoms with E-state index in [0.717, 1.165) is 4.31 Å². The molecule has 8 heteroatoms. The molecule has 0 saturated heterocycles. The van der Waals surface area contributed by atoms with Crippen LogP contribution in [0.4, 0.5) is 5.69 Å². The first-order valence-corrected chi connectivity index (χ1v) is 9.16. The molecule has 0 aliphatic heterocycles. The van der Waals surface area contributed by atoms with Gasteiger partial charge < -0.3 is 5.32 Å². The third kappa shape index (κ3) is 4.48. The van der Waals surface area contributed by atoms with Crippen molar-refractivity contribution in [1.29, 1.82) is 0 Å². The quantitative estimate of drug-likeness (QED) is 0.855. The number of benzene rings is 2. The lowest BCUT2D eigenvalue weighted by molar-refractivity contribution is -0.115. The van der Waals surface area contributed by atoms with Crippen molar-refractivity contribution in [2.24, 2.45) is 0 Å². The van der Waals surface area contributed by atoms with E-state index < -0.39 is 10.0 Å². The fourth-order valence-electron chi connectivity index (χ4n) is 1.96. The van der Waals surface area contributed by atoms with Crippen LogP contribution in [0.5, 0.6) is 0 Å². The van der Waals surface area contributed by atoms with E-state index in [1.807, 2.05) is 0 Å². The molecule has 5 nitrogen and oxygen atoms in total. The fourth-order valence-corrected chi connectivity index (χ4v) is 3.34. The van der Waals surface area contributed by atoms with Gasteiger partial charge in [0.2, 0.25) is 15.9 Å². The lowest BCUT2D eigenvalue weighted by Gasteiger charge is -2.12. The van der Waals surface area contributed by atoms with Gasteiger partial charge >= 0.3 is 0 Å². The van der Waals surface area contributed by atoms with Crippen molar-refractivity contribution in [3.63, 3.8) is 0 Å². The first-order valence-electron chi connectivity index (χ1n) is 6.96. The molecule has 0 aliphatic carbocycles. The predicted molar refractivity (Wildman–Crippen MR) is 96.1 cm³/mol. The highest BCUT2D eigenvalue weighted by Gasteiger charge is 2.16. The summed E-state index contributed by atoms with van der Waals surface area (Å²) < 4.78 is 25.1. The van der Waals surface area contributed by atoms with E-state index in [0.29, 0.717) is 21.3 Å². The summed E-state index contributed by atoms with van der Waals surface area (Å²) in [6.07, 6.45) is 0.0910. The Morgan fingerprint density at radius 1 is 1.08 bits per heavy atom. The SMILES string of the molecule is CN(C)S(=O)(=O)c1ccc(NC(=O)Cc2ccc(Cl)cc2Cl)cc1. The van der Waals surface area contributed by atoms with Crippen molar-refractivity contribution in [3.8, 4) is 0 Å². The minimum atomic E-state index is -3.49. The standard InChI is InChI=1S/C16H16Cl2N2O3S/c1-20(2)24(22,23)14-7-5-13(6-8-14)19-16(21)9-11-3-4-12(17)10-15(11)18/h3-8,10H,9H2,1-2H3,(H,19,21).